The molecule has 0 bridgehead atoms. The second-order valence-electron chi connectivity index (χ2n) is 7.51. The third kappa shape index (κ3) is 6.20. The number of ether oxygens (including phenoxy) is 1. The van der Waals surface area contributed by atoms with Crippen LogP contribution in [0.3, 0.4) is 0 Å². The second-order valence-corrected chi connectivity index (χ2v) is 7.51. The molecule has 1 aliphatic rings. The summed E-state index contributed by atoms with van der Waals surface area (Å²) in [5.41, 5.74) is 1.34. The van der Waals surface area contributed by atoms with Crippen molar-refractivity contribution in [2.45, 2.75) is 58.5 Å². The molecule has 1 saturated heterocycles. The standard InChI is InChI=1S/C20H32N6O/c1-17(2)26-20(22-23-24-26)21-11-4-7-14-27-19-10-8-9-18(15-19)16-25-12-5-3-6-13-25/h8-10,15,17H,3-7,11-14,16H2,1-2H3,(H,21,22,24). The molecule has 3 rings (SSSR count). The third-order valence-corrected chi connectivity index (χ3v) is 4.86. The van der Waals surface area contributed by atoms with E-state index in [1.165, 1.54) is 37.9 Å². The Hall–Kier alpha value is -2.15. The number of piperidine rings is 1. The van der Waals surface area contributed by atoms with Gasteiger partial charge in [-0.2, -0.15) is 0 Å². The molecule has 0 amide bonds. The molecule has 27 heavy (non-hydrogen) atoms. The van der Waals surface area contributed by atoms with Gasteiger partial charge < -0.3 is 10.1 Å². The van der Waals surface area contributed by atoms with Crippen molar-refractivity contribution in [3.63, 3.8) is 0 Å². The summed E-state index contributed by atoms with van der Waals surface area (Å²) in [5, 5.41) is 15.0. The molecule has 2 heterocycles. The van der Waals surface area contributed by atoms with Gasteiger partial charge in [0, 0.05) is 13.1 Å². The number of likely N-dealkylation sites (tertiary alicyclic amines) is 1. The minimum atomic E-state index is 0.253. The summed E-state index contributed by atoms with van der Waals surface area (Å²) < 4.78 is 7.74. The van der Waals surface area contributed by atoms with Crippen molar-refractivity contribution in [2.75, 3.05) is 31.6 Å². The van der Waals surface area contributed by atoms with Gasteiger partial charge in [-0.1, -0.05) is 23.7 Å². The summed E-state index contributed by atoms with van der Waals surface area (Å²) in [7, 11) is 0. The summed E-state index contributed by atoms with van der Waals surface area (Å²) in [5.74, 6) is 1.71. The van der Waals surface area contributed by atoms with Crippen molar-refractivity contribution < 1.29 is 4.74 Å². The fraction of sp³-hybridized carbons (Fsp3) is 0.650. The Labute approximate surface area is 162 Å². The molecule has 148 valence electrons. The summed E-state index contributed by atoms with van der Waals surface area (Å²) in [6, 6.07) is 8.79. The van der Waals surface area contributed by atoms with Crippen LogP contribution in [0.4, 0.5) is 5.95 Å². The van der Waals surface area contributed by atoms with Crippen LogP contribution in [0.5, 0.6) is 5.75 Å². The number of hydrogen-bond acceptors (Lipinski definition) is 6. The lowest BCUT2D eigenvalue weighted by Crippen LogP contribution is -2.29. The molecule has 0 saturated carbocycles. The topological polar surface area (TPSA) is 68.1 Å². The van der Waals surface area contributed by atoms with Gasteiger partial charge in [0.1, 0.15) is 5.75 Å². The number of unbranched alkanes of at least 4 members (excludes halogenated alkanes) is 1. The lowest BCUT2D eigenvalue weighted by molar-refractivity contribution is 0.220. The average molecular weight is 373 g/mol. The number of rotatable bonds is 10. The van der Waals surface area contributed by atoms with E-state index in [4.69, 9.17) is 4.74 Å². The Morgan fingerprint density at radius 3 is 2.81 bits per heavy atom. The van der Waals surface area contributed by atoms with Crippen molar-refractivity contribution in [3.8, 4) is 5.75 Å². The van der Waals surface area contributed by atoms with E-state index in [0.717, 1.165) is 44.2 Å². The molecule has 0 radical (unpaired) electrons. The van der Waals surface area contributed by atoms with E-state index in [0.29, 0.717) is 0 Å². The number of anilines is 1. The van der Waals surface area contributed by atoms with Crippen LogP contribution in [-0.4, -0.2) is 51.3 Å². The fourth-order valence-electron chi connectivity index (χ4n) is 3.38. The zero-order valence-corrected chi connectivity index (χ0v) is 16.6. The van der Waals surface area contributed by atoms with E-state index in [-0.39, 0.29) is 6.04 Å². The number of nitrogens with zero attached hydrogens (tertiary/aromatic N) is 5. The van der Waals surface area contributed by atoms with Crippen molar-refractivity contribution in [2.24, 2.45) is 0 Å². The summed E-state index contributed by atoms with van der Waals surface area (Å²) >= 11 is 0. The van der Waals surface area contributed by atoms with Crippen LogP contribution in [0.15, 0.2) is 24.3 Å². The lowest BCUT2D eigenvalue weighted by atomic mass is 10.1. The van der Waals surface area contributed by atoms with Crippen LogP contribution in [0.25, 0.3) is 0 Å². The van der Waals surface area contributed by atoms with Crippen molar-refractivity contribution in [1.29, 1.82) is 0 Å². The monoisotopic (exact) mass is 372 g/mol. The highest BCUT2D eigenvalue weighted by Gasteiger charge is 2.11. The van der Waals surface area contributed by atoms with Gasteiger partial charge in [0.15, 0.2) is 0 Å². The number of tetrazole rings is 1. The van der Waals surface area contributed by atoms with Gasteiger partial charge >= 0.3 is 0 Å². The molecule has 0 aliphatic carbocycles. The van der Waals surface area contributed by atoms with Crippen molar-refractivity contribution in [3.05, 3.63) is 29.8 Å². The largest absolute Gasteiger partial charge is 0.494 e. The van der Waals surface area contributed by atoms with Crippen molar-refractivity contribution >= 4 is 5.95 Å². The summed E-state index contributed by atoms with van der Waals surface area (Å²) in [4.78, 5) is 2.54. The maximum absolute atomic E-state index is 5.94. The molecule has 1 aromatic heterocycles. The first-order valence-electron chi connectivity index (χ1n) is 10.2. The average Bonchev–Trinajstić information content (AvgIpc) is 3.15. The van der Waals surface area contributed by atoms with E-state index in [2.05, 4.69) is 63.9 Å². The van der Waals surface area contributed by atoms with Gasteiger partial charge in [-0.3, -0.25) is 4.90 Å². The number of nitrogens with one attached hydrogen (secondary N) is 1. The number of aromatic nitrogens is 4. The molecule has 0 spiro atoms. The summed E-state index contributed by atoms with van der Waals surface area (Å²) in [6.45, 7) is 9.17. The maximum Gasteiger partial charge on any atom is 0.243 e. The Bertz CT molecular complexity index is 681. The number of hydrogen-bond donors (Lipinski definition) is 1. The third-order valence-electron chi connectivity index (χ3n) is 4.86. The molecule has 1 aliphatic heterocycles. The van der Waals surface area contributed by atoms with Crippen molar-refractivity contribution in [1.82, 2.24) is 25.1 Å². The maximum atomic E-state index is 5.94. The highest BCUT2D eigenvalue weighted by molar-refractivity contribution is 5.28. The molecule has 1 aromatic carbocycles. The minimum Gasteiger partial charge on any atom is -0.494 e. The first kappa shape index (κ1) is 19.6. The molecule has 0 unspecified atom stereocenters. The van der Waals surface area contributed by atoms with Gasteiger partial charge in [-0.15, -0.1) is 0 Å². The normalized spacial score (nSPS) is 15.2. The Morgan fingerprint density at radius 1 is 1.15 bits per heavy atom. The van der Waals surface area contributed by atoms with E-state index in [1.54, 1.807) is 4.68 Å². The zero-order chi connectivity index (χ0) is 18.9. The second kappa shape index (κ2) is 10.3. The van der Waals surface area contributed by atoms with Gasteiger partial charge in [0.2, 0.25) is 5.95 Å². The van der Waals surface area contributed by atoms with Crippen LogP contribution in [0.2, 0.25) is 0 Å². The number of benzene rings is 1. The van der Waals surface area contributed by atoms with Crippen LogP contribution in [-0.2, 0) is 6.54 Å². The highest BCUT2D eigenvalue weighted by Crippen LogP contribution is 2.18. The lowest BCUT2D eigenvalue weighted by Gasteiger charge is -2.26. The molecule has 1 N–H and O–H groups in total. The predicted octanol–water partition coefficient (Wildman–Crippen LogP) is 3.51. The molecule has 1 fully saturated rings. The molecule has 0 atom stereocenters. The van der Waals surface area contributed by atoms with Gasteiger partial charge in [-0.05, 0) is 80.7 Å². The van der Waals surface area contributed by atoms with Crippen LogP contribution in [0, 0.1) is 0 Å². The summed E-state index contributed by atoms with van der Waals surface area (Å²) in [6.07, 6.45) is 6.04. The molecule has 7 nitrogen and oxygen atoms in total. The SMILES string of the molecule is CC(C)n1nnnc1NCCCCOc1cccc(CN2CCCCC2)c1. The van der Waals surface area contributed by atoms with Crippen LogP contribution >= 0.6 is 0 Å². The first-order valence-corrected chi connectivity index (χ1v) is 10.2. The Balaban J connectivity index is 1.34. The molecule has 2 aromatic rings. The van der Waals surface area contributed by atoms with E-state index in [9.17, 15) is 0 Å². The Kier molecular flexibility index (Phi) is 7.45. The Morgan fingerprint density at radius 2 is 2.00 bits per heavy atom. The first-order chi connectivity index (χ1) is 13.2. The quantitative estimate of drug-likeness (QED) is 0.644. The highest BCUT2D eigenvalue weighted by atomic mass is 16.5. The van der Waals surface area contributed by atoms with Gasteiger partial charge in [0.05, 0.1) is 12.6 Å². The molecular weight excluding hydrogens is 340 g/mol. The van der Waals surface area contributed by atoms with Gasteiger partial charge in [0.25, 0.3) is 0 Å². The minimum absolute atomic E-state index is 0.253. The zero-order valence-electron chi connectivity index (χ0n) is 16.6. The van der Waals surface area contributed by atoms with Crippen LogP contribution < -0.4 is 10.1 Å². The van der Waals surface area contributed by atoms with E-state index in [1.807, 2.05) is 0 Å². The molecule has 7 heteroatoms. The fourth-order valence-corrected chi connectivity index (χ4v) is 3.38. The van der Waals surface area contributed by atoms with Crippen LogP contribution in [0.1, 0.15) is 57.6 Å². The van der Waals surface area contributed by atoms with Gasteiger partial charge in [-0.25, -0.2) is 4.68 Å². The van der Waals surface area contributed by atoms with E-state index < -0.39 is 0 Å². The predicted molar refractivity (Wildman–Crippen MR) is 107 cm³/mol. The van der Waals surface area contributed by atoms with E-state index >= 15 is 0 Å². The molecular formula is C20H32N6O. The smallest absolute Gasteiger partial charge is 0.243 e.